The molecule has 0 aliphatic rings. The van der Waals surface area contributed by atoms with Crippen molar-refractivity contribution < 1.29 is 9.59 Å². The Morgan fingerprint density at radius 3 is 2.70 bits per heavy atom. The predicted octanol–water partition coefficient (Wildman–Crippen LogP) is 3.54. The molecular weight excluding hydrogens is 387 g/mol. The van der Waals surface area contributed by atoms with E-state index in [4.69, 9.17) is 23.2 Å². The molecule has 0 spiro atoms. The van der Waals surface area contributed by atoms with Crippen LogP contribution in [0.4, 0.5) is 0 Å². The molecule has 0 atom stereocenters. The van der Waals surface area contributed by atoms with Gasteiger partial charge in [-0.3, -0.25) is 9.59 Å². The average Bonchev–Trinajstić information content (AvgIpc) is 2.89. The summed E-state index contributed by atoms with van der Waals surface area (Å²) in [5.74, 6) is -0.893. The maximum absolute atomic E-state index is 11.7. The highest BCUT2D eigenvalue weighted by Crippen LogP contribution is 2.31. The summed E-state index contributed by atoms with van der Waals surface area (Å²) in [5.41, 5.74) is 5.74. The summed E-state index contributed by atoms with van der Waals surface area (Å²) in [4.78, 5) is 23.2. The van der Waals surface area contributed by atoms with Crippen molar-refractivity contribution in [2.24, 2.45) is 5.10 Å². The molecule has 1 heterocycles. The minimum absolute atomic E-state index is 0.303. The van der Waals surface area contributed by atoms with Gasteiger partial charge in [0.25, 0.3) is 0 Å². The van der Waals surface area contributed by atoms with Crippen molar-refractivity contribution in [1.82, 2.24) is 15.3 Å². The number of carbonyl (C=O) groups excluding carboxylic acids is 2. The molecule has 1 aromatic carbocycles. The van der Waals surface area contributed by atoms with E-state index in [0.717, 1.165) is 22.6 Å². The molecule has 0 fully saturated rings. The molecule has 0 unspecified atom stereocenters. The highest BCUT2D eigenvalue weighted by molar-refractivity contribution is 6.43. The Kier molecular flexibility index (Phi) is 7.21. The smallest absolute Gasteiger partial charge is 0.249 e. The van der Waals surface area contributed by atoms with E-state index in [1.54, 1.807) is 6.07 Å². The lowest BCUT2D eigenvalue weighted by atomic mass is 10.2. The summed E-state index contributed by atoms with van der Waals surface area (Å²) in [6, 6.07) is 7.34. The zero-order valence-corrected chi connectivity index (χ0v) is 16.6. The minimum atomic E-state index is -0.500. The monoisotopic (exact) mass is 406 g/mol. The highest BCUT2D eigenvalue weighted by Gasteiger charge is 2.14. The van der Waals surface area contributed by atoms with Crippen LogP contribution in [0, 0.1) is 13.8 Å². The van der Waals surface area contributed by atoms with Crippen LogP contribution < -0.4 is 10.7 Å². The molecule has 2 N–H and O–H groups in total. The number of hydrogen-bond donors (Lipinski definition) is 2. The maximum atomic E-state index is 11.7. The Morgan fingerprint density at radius 2 is 2.00 bits per heavy atom. The van der Waals surface area contributed by atoms with Gasteiger partial charge in [0.15, 0.2) is 0 Å². The van der Waals surface area contributed by atoms with Crippen molar-refractivity contribution in [1.29, 1.82) is 0 Å². The Bertz CT molecular complexity index is 903. The number of nitrogens with one attached hydrogen (secondary N) is 2. The Balaban J connectivity index is 2.11. The summed E-state index contributed by atoms with van der Waals surface area (Å²) >= 11 is 12.4. The number of amides is 2. The van der Waals surface area contributed by atoms with Crippen LogP contribution in [0.2, 0.25) is 10.0 Å². The van der Waals surface area contributed by atoms with Gasteiger partial charge in [-0.05, 0) is 32.0 Å². The third kappa shape index (κ3) is 5.21. The van der Waals surface area contributed by atoms with Crippen LogP contribution in [-0.2, 0) is 9.59 Å². The first-order valence-electron chi connectivity index (χ1n) is 8.18. The van der Waals surface area contributed by atoms with E-state index >= 15 is 0 Å². The van der Waals surface area contributed by atoms with E-state index < -0.39 is 11.8 Å². The van der Waals surface area contributed by atoms with E-state index in [0.29, 0.717) is 16.6 Å². The number of hydrogen-bond acceptors (Lipinski definition) is 3. The molecule has 2 amide bonds. The minimum Gasteiger partial charge on any atom is -0.352 e. The molecule has 0 bridgehead atoms. The number of nitrogens with zero attached hydrogens (tertiary/aromatic N) is 2. The van der Waals surface area contributed by atoms with Crippen molar-refractivity contribution in [3.63, 3.8) is 0 Å². The second kappa shape index (κ2) is 9.39. The van der Waals surface area contributed by atoms with Gasteiger partial charge in [0.2, 0.25) is 11.8 Å². The van der Waals surface area contributed by atoms with Gasteiger partial charge >= 0.3 is 0 Å². The molecule has 142 valence electrons. The standard InChI is InChI=1S/C19H20Cl2N4O2/c1-4-8-22-17(26)10-18(27)24-23-11-14-9-12(2)25(13(14)3)16-7-5-6-15(20)19(16)21/h4-7,9,11H,1,8,10H2,2-3H3,(H,22,26)(H,24,27)/b23-11+. The Labute approximate surface area is 167 Å². The van der Waals surface area contributed by atoms with E-state index in [2.05, 4.69) is 22.4 Å². The van der Waals surface area contributed by atoms with Crippen LogP contribution in [-0.4, -0.2) is 29.1 Å². The number of rotatable bonds is 7. The van der Waals surface area contributed by atoms with Crippen molar-refractivity contribution in [2.75, 3.05) is 6.54 Å². The molecule has 6 nitrogen and oxygen atoms in total. The number of aryl methyl sites for hydroxylation is 1. The van der Waals surface area contributed by atoms with Gasteiger partial charge in [-0.1, -0.05) is 35.3 Å². The van der Waals surface area contributed by atoms with Crippen molar-refractivity contribution in [3.05, 3.63) is 63.9 Å². The number of aromatic nitrogens is 1. The summed E-state index contributed by atoms with van der Waals surface area (Å²) in [6.45, 7) is 7.65. The van der Waals surface area contributed by atoms with Gasteiger partial charge in [0.05, 0.1) is 21.9 Å². The second-order valence-electron chi connectivity index (χ2n) is 5.80. The molecule has 1 aromatic heterocycles. The molecular formula is C19H20Cl2N4O2. The molecule has 0 radical (unpaired) electrons. The maximum Gasteiger partial charge on any atom is 0.249 e. The van der Waals surface area contributed by atoms with Crippen LogP contribution in [0.15, 0.2) is 42.0 Å². The molecule has 0 saturated heterocycles. The quantitative estimate of drug-likeness (QED) is 0.319. The summed E-state index contributed by atoms with van der Waals surface area (Å²) in [7, 11) is 0. The first-order chi connectivity index (χ1) is 12.8. The fraction of sp³-hybridized carbons (Fsp3) is 0.211. The van der Waals surface area contributed by atoms with Crippen LogP contribution in [0.25, 0.3) is 5.69 Å². The average molecular weight is 407 g/mol. The fourth-order valence-electron chi connectivity index (χ4n) is 2.56. The van der Waals surface area contributed by atoms with Gasteiger partial charge in [-0.15, -0.1) is 6.58 Å². The lowest BCUT2D eigenvalue weighted by molar-refractivity contribution is -0.129. The van der Waals surface area contributed by atoms with Crippen LogP contribution in [0.1, 0.15) is 23.4 Å². The molecule has 0 saturated carbocycles. The molecule has 2 rings (SSSR count). The molecule has 8 heteroatoms. The molecule has 27 heavy (non-hydrogen) atoms. The van der Waals surface area contributed by atoms with Crippen LogP contribution in [0.3, 0.4) is 0 Å². The Hall–Kier alpha value is -2.57. The normalized spacial score (nSPS) is 10.8. The van der Waals surface area contributed by atoms with E-state index in [-0.39, 0.29) is 6.42 Å². The largest absolute Gasteiger partial charge is 0.352 e. The van der Waals surface area contributed by atoms with Gasteiger partial charge in [-0.25, -0.2) is 5.43 Å². The van der Waals surface area contributed by atoms with Crippen LogP contribution in [0.5, 0.6) is 0 Å². The van der Waals surface area contributed by atoms with E-state index in [9.17, 15) is 9.59 Å². The first kappa shape index (κ1) is 20.7. The predicted molar refractivity (Wildman–Crippen MR) is 109 cm³/mol. The van der Waals surface area contributed by atoms with E-state index in [1.165, 1.54) is 12.3 Å². The van der Waals surface area contributed by atoms with E-state index in [1.807, 2.05) is 36.6 Å². The number of benzene rings is 1. The SMILES string of the molecule is C=CCNC(=O)CC(=O)N/N=C/c1cc(C)n(-c2cccc(Cl)c2Cl)c1C. The lowest BCUT2D eigenvalue weighted by Crippen LogP contribution is -2.29. The fourth-order valence-corrected chi connectivity index (χ4v) is 2.94. The van der Waals surface area contributed by atoms with Crippen LogP contribution >= 0.6 is 23.2 Å². The number of carbonyl (C=O) groups is 2. The highest BCUT2D eigenvalue weighted by atomic mass is 35.5. The van der Waals surface area contributed by atoms with Gasteiger partial charge in [0.1, 0.15) is 6.42 Å². The molecule has 0 aliphatic heterocycles. The van der Waals surface area contributed by atoms with Gasteiger partial charge in [0, 0.05) is 23.5 Å². The zero-order chi connectivity index (χ0) is 20.0. The third-order valence-electron chi connectivity index (χ3n) is 3.80. The number of halogens is 2. The number of hydrazone groups is 1. The molecule has 0 aliphatic carbocycles. The zero-order valence-electron chi connectivity index (χ0n) is 15.1. The summed E-state index contributed by atoms with van der Waals surface area (Å²) in [6.07, 6.45) is 2.76. The summed E-state index contributed by atoms with van der Waals surface area (Å²) < 4.78 is 1.96. The van der Waals surface area contributed by atoms with Crippen molar-refractivity contribution >= 4 is 41.2 Å². The lowest BCUT2D eigenvalue weighted by Gasteiger charge is -2.12. The first-order valence-corrected chi connectivity index (χ1v) is 8.93. The molecule has 2 aromatic rings. The summed E-state index contributed by atoms with van der Waals surface area (Å²) in [5, 5.41) is 7.38. The van der Waals surface area contributed by atoms with Crippen molar-refractivity contribution in [2.45, 2.75) is 20.3 Å². The topological polar surface area (TPSA) is 75.5 Å². The van der Waals surface area contributed by atoms with Gasteiger partial charge < -0.3 is 9.88 Å². The second-order valence-corrected chi connectivity index (χ2v) is 6.58. The van der Waals surface area contributed by atoms with Gasteiger partial charge in [-0.2, -0.15) is 5.10 Å². The van der Waals surface area contributed by atoms with Crippen molar-refractivity contribution in [3.8, 4) is 5.69 Å². The third-order valence-corrected chi connectivity index (χ3v) is 4.61. The Morgan fingerprint density at radius 1 is 1.26 bits per heavy atom.